The third kappa shape index (κ3) is 2.95. The molecule has 0 atom stereocenters. The van der Waals surface area contributed by atoms with E-state index in [1.165, 1.54) is 32.1 Å². The Morgan fingerprint density at radius 1 is 1.31 bits per heavy atom. The van der Waals surface area contributed by atoms with Crippen LogP contribution >= 0.6 is 0 Å². The summed E-state index contributed by atoms with van der Waals surface area (Å²) >= 11 is 0. The quantitative estimate of drug-likeness (QED) is 0.849. The molecule has 1 saturated carbocycles. The van der Waals surface area contributed by atoms with Gasteiger partial charge in [-0.2, -0.15) is 0 Å². The Bertz CT molecular complexity index is 314. The molecule has 1 heterocycles. The second kappa shape index (κ2) is 5.30. The van der Waals surface area contributed by atoms with Crippen LogP contribution in [0.4, 0.5) is 5.69 Å². The molecule has 16 heavy (non-hydrogen) atoms. The number of anilines is 1. The number of hydrogen-bond donors (Lipinski definition) is 1. The highest BCUT2D eigenvalue weighted by atomic mass is 15.1. The SMILES string of the molecule is CN(Cc1ccc(N)cn1)C1CCCCC1. The molecule has 1 aromatic rings. The maximum absolute atomic E-state index is 5.62. The topological polar surface area (TPSA) is 42.1 Å². The van der Waals surface area contributed by atoms with E-state index in [2.05, 4.69) is 16.9 Å². The van der Waals surface area contributed by atoms with Crippen molar-refractivity contribution in [3.63, 3.8) is 0 Å². The predicted molar refractivity (Wildman–Crippen MR) is 67.0 cm³/mol. The van der Waals surface area contributed by atoms with E-state index in [9.17, 15) is 0 Å². The van der Waals surface area contributed by atoms with E-state index in [0.29, 0.717) is 0 Å². The van der Waals surface area contributed by atoms with Crippen LogP contribution in [0, 0.1) is 0 Å². The molecule has 88 valence electrons. The fourth-order valence-electron chi connectivity index (χ4n) is 2.44. The molecule has 0 aliphatic heterocycles. The summed E-state index contributed by atoms with van der Waals surface area (Å²) in [5.74, 6) is 0. The molecule has 2 N–H and O–H groups in total. The van der Waals surface area contributed by atoms with Crippen LogP contribution in [0.1, 0.15) is 37.8 Å². The number of pyridine rings is 1. The zero-order valence-electron chi connectivity index (χ0n) is 10.0. The minimum atomic E-state index is 0.740. The molecule has 0 spiro atoms. The van der Waals surface area contributed by atoms with Crippen molar-refractivity contribution < 1.29 is 0 Å². The van der Waals surface area contributed by atoms with E-state index in [1.807, 2.05) is 12.1 Å². The van der Waals surface area contributed by atoms with Crippen molar-refractivity contribution in [1.82, 2.24) is 9.88 Å². The standard InChI is InChI=1S/C13H21N3/c1-16(13-5-3-2-4-6-13)10-12-8-7-11(14)9-15-12/h7-9,13H,2-6,10,14H2,1H3. The first kappa shape index (κ1) is 11.4. The molecule has 1 aromatic heterocycles. The average molecular weight is 219 g/mol. The van der Waals surface area contributed by atoms with Crippen LogP contribution in [-0.4, -0.2) is 23.0 Å². The number of nitrogen functional groups attached to an aromatic ring is 1. The highest BCUT2D eigenvalue weighted by Gasteiger charge is 2.17. The van der Waals surface area contributed by atoms with E-state index in [4.69, 9.17) is 5.73 Å². The molecule has 0 saturated heterocycles. The van der Waals surface area contributed by atoms with Crippen LogP contribution < -0.4 is 5.73 Å². The Hall–Kier alpha value is -1.09. The van der Waals surface area contributed by atoms with Crippen molar-refractivity contribution in [2.75, 3.05) is 12.8 Å². The summed E-state index contributed by atoms with van der Waals surface area (Å²) in [7, 11) is 2.20. The molecule has 0 aromatic carbocycles. The van der Waals surface area contributed by atoms with E-state index in [-0.39, 0.29) is 0 Å². The van der Waals surface area contributed by atoms with Crippen LogP contribution in [-0.2, 0) is 6.54 Å². The van der Waals surface area contributed by atoms with Crippen molar-refractivity contribution in [3.05, 3.63) is 24.0 Å². The number of rotatable bonds is 3. The summed E-state index contributed by atoms with van der Waals surface area (Å²) in [5.41, 5.74) is 7.48. The second-order valence-corrected chi connectivity index (χ2v) is 4.79. The minimum Gasteiger partial charge on any atom is -0.397 e. The van der Waals surface area contributed by atoms with Gasteiger partial charge in [0.1, 0.15) is 0 Å². The van der Waals surface area contributed by atoms with Crippen LogP contribution in [0.25, 0.3) is 0 Å². The summed E-state index contributed by atoms with van der Waals surface area (Å²) in [5, 5.41) is 0. The Morgan fingerprint density at radius 2 is 2.06 bits per heavy atom. The first-order valence-corrected chi connectivity index (χ1v) is 6.16. The van der Waals surface area contributed by atoms with Gasteiger partial charge in [0.2, 0.25) is 0 Å². The number of nitrogens with zero attached hydrogens (tertiary/aromatic N) is 2. The molecule has 3 heteroatoms. The Labute approximate surface area is 97.7 Å². The normalized spacial score (nSPS) is 17.9. The van der Waals surface area contributed by atoms with Gasteiger partial charge >= 0.3 is 0 Å². The number of nitrogens with two attached hydrogens (primary N) is 1. The fraction of sp³-hybridized carbons (Fsp3) is 0.615. The van der Waals surface area contributed by atoms with Crippen molar-refractivity contribution >= 4 is 5.69 Å². The number of aromatic nitrogens is 1. The minimum absolute atomic E-state index is 0.740. The highest BCUT2D eigenvalue weighted by Crippen LogP contribution is 2.22. The molecule has 0 bridgehead atoms. The Kier molecular flexibility index (Phi) is 3.78. The number of hydrogen-bond acceptors (Lipinski definition) is 3. The van der Waals surface area contributed by atoms with Gasteiger partial charge in [-0.15, -0.1) is 0 Å². The summed E-state index contributed by atoms with van der Waals surface area (Å²) in [4.78, 5) is 6.77. The van der Waals surface area contributed by atoms with Gasteiger partial charge in [0, 0.05) is 12.6 Å². The van der Waals surface area contributed by atoms with Gasteiger partial charge in [0.25, 0.3) is 0 Å². The highest BCUT2D eigenvalue weighted by molar-refractivity contribution is 5.34. The molecule has 1 fully saturated rings. The van der Waals surface area contributed by atoms with Gasteiger partial charge < -0.3 is 5.73 Å². The molecule has 0 amide bonds. The van der Waals surface area contributed by atoms with Crippen molar-refractivity contribution in [1.29, 1.82) is 0 Å². The van der Waals surface area contributed by atoms with E-state index in [0.717, 1.165) is 24.0 Å². The summed E-state index contributed by atoms with van der Waals surface area (Å²) in [6, 6.07) is 4.69. The van der Waals surface area contributed by atoms with Crippen LogP contribution in [0.5, 0.6) is 0 Å². The maximum Gasteiger partial charge on any atom is 0.0545 e. The second-order valence-electron chi connectivity index (χ2n) is 4.79. The van der Waals surface area contributed by atoms with Crippen LogP contribution in [0.3, 0.4) is 0 Å². The maximum atomic E-state index is 5.62. The molecule has 3 nitrogen and oxygen atoms in total. The fourth-order valence-corrected chi connectivity index (χ4v) is 2.44. The zero-order valence-corrected chi connectivity index (χ0v) is 10.0. The van der Waals surface area contributed by atoms with Crippen molar-refractivity contribution in [2.45, 2.75) is 44.7 Å². The average Bonchev–Trinajstić information content (AvgIpc) is 2.33. The monoisotopic (exact) mass is 219 g/mol. The molecule has 0 radical (unpaired) electrons. The smallest absolute Gasteiger partial charge is 0.0545 e. The van der Waals surface area contributed by atoms with Gasteiger partial charge in [0.15, 0.2) is 0 Å². The lowest BCUT2D eigenvalue weighted by molar-refractivity contribution is 0.183. The largest absolute Gasteiger partial charge is 0.397 e. The Morgan fingerprint density at radius 3 is 2.69 bits per heavy atom. The third-order valence-corrected chi connectivity index (χ3v) is 3.46. The molecule has 1 aliphatic rings. The lowest BCUT2D eigenvalue weighted by atomic mass is 9.94. The van der Waals surface area contributed by atoms with E-state index < -0.39 is 0 Å². The first-order valence-electron chi connectivity index (χ1n) is 6.16. The van der Waals surface area contributed by atoms with Gasteiger partial charge in [0.05, 0.1) is 17.6 Å². The van der Waals surface area contributed by atoms with Crippen molar-refractivity contribution in [3.8, 4) is 0 Å². The van der Waals surface area contributed by atoms with Crippen LogP contribution in [0.15, 0.2) is 18.3 Å². The summed E-state index contributed by atoms with van der Waals surface area (Å²) < 4.78 is 0. The molecule has 0 unspecified atom stereocenters. The van der Waals surface area contributed by atoms with E-state index in [1.54, 1.807) is 6.20 Å². The van der Waals surface area contributed by atoms with Gasteiger partial charge in [-0.05, 0) is 32.0 Å². The lowest BCUT2D eigenvalue weighted by Crippen LogP contribution is -2.33. The zero-order chi connectivity index (χ0) is 11.4. The molecular weight excluding hydrogens is 198 g/mol. The van der Waals surface area contributed by atoms with E-state index >= 15 is 0 Å². The molecular formula is C13H21N3. The lowest BCUT2D eigenvalue weighted by Gasteiger charge is -2.30. The van der Waals surface area contributed by atoms with Gasteiger partial charge in [-0.1, -0.05) is 19.3 Å². The molecule has 1 aliphatic carbocycles. The van der Waals surface area contributed by atoms with Gasteiger partial charge in [-0.25, -0.2) is 0 Å². The van der Waals surface area contributed by atoms with Gasteiger partial charge in [-0.3, -0.25) is 9.88 Å². The third-order valence-electron chi connectivity index (χ3n) is 3.46. The first-order chi connectivity index (χ1) is 7.75. The predicted octanol–water partition coefficient (Wildman–Crippen LogP) is 2.43. The Balaban J connectivity index is 1.90. The summed E-state index contributed by atoms with van der Waals surface area (Å²) in [6.45, 7) is 0.935. The van der Waals surface area contributed by atoms with Crippen LogP contribution in [0.2, 0.25) is 0 Å². The summed E-state index contributed by atoms with van der Waals surface area (Å²) in [6.07, 6.45) is 8.58. The molecule has 2 rings (SSSR count). The van der Waals surface area contributed by atoms with Crippen molar-refractivity contribution in [2.24, 2.45) is 0 Å².